The second-order valence-corrected chi connectivity index (χ2v) is 6.42. The maximum atomic E-state index is 12.4. The van der Waals surface area contributed by atoms with Crippen LogP contribution in [0, 0.1) is 5.92 Å². The highest BCUT2D eigenvalue weighted by atomic mass is 16.4. The summed E-state index contributed by atoms with van der Waals surface area (Å²) in [5.74, 6) is -0.433. The molecule has 0 saturated heterocycles. The predicted molar refractivity (Wildman–Crippen MR) is 78.7 cm³/mol. The molecular weight excluding hydrogens is 256 g/mol. The molecule has 0 aliphatic heterocycles. The highest BCUT2D eigenvalue weighted by Crippen LogP contribution is 2.28. The molecule has 0 heterocycles. The van der Waals surface area contributed by atoms with Crippen molar-refractivity contribution in [3.8, 4) is 0 Å². The van der Waals surface area contributed by atoms with E-state index < -0.39 is 11.5 Å². The lowest BCUT2D eigenvalue weighted by molar-refractivity contribution is -0.144. The van der Waals surface area contributed by atoms with Crippen LogP contribution in [0.25, 0.3) is 0 Å². The van der Waals surface area contributed by atoms with Gasteiger partial charge in [-0.25, -0.2) is 9.59 Å². The molecule has 0 aromatic rings. The zero-order valence-corrected chi connectivity index (χ0v) is 13.1. The van der Waals surface area contributed by atoms with Gasteiger partial charge in [0.1, 0.15) is 5.54 Å². The van der Waals surface area contributed by atoms with Crippen LogP contribution in [0.1, 0.15) is 59.8 Å². The number of carbonyl (C=O) groups excluding carboxylic acids is 1. The van der Waals surface area contributed by atoms with Gasteiger partial charge in [0, 0.05) is 12.6 Å². The highest BCUT2D eigenvalue weighted by Gasteiger charge is 2.38. The fraction of sp³-hybridized carbons (Fsp3) is 0.867. The normalized spacial score (nSPS) is 17.6. The number of hydrogen-bond acceptors (Lipinski definition) is 2. The lowest BCUT2D eigenvalue weighted by atomic mass is 9.96. The third-order valence-corrected chi connectivity index (χ3v) is 3.80. The van der Waals surface area contributed by atoms with Gasteiger partial charge in [0.05, 0.1) is 0 Å². The minimum absolute atomic E-state index is 0.230. The number of hydrogen-bond donors (Lipinski definition) is 2. The lowest BCUT2D eigenvalue weighted by Crippen LogP contribution is -2.56. The summed E-state index contributed by atoms with van der Waals surface area (Å²) in [6.07, 6.45) is 4.17. The fourth-order valence-corrected chi connectivity index (χ4v) is 2.26. The number of carbonyl (C=O) groups is 2. The zero-order chi connectivity index (χ0) is 15.3. The highest BCUT2D eigenvalue weighted by molar-refractivity contribution is 5.86. The summed E-state index contributed by atoms with van der Waals surface area (Å²) in [6.45, 7) is 8.47. The first-order valence-electron chi connectivity index (χ1n) is 7.62. The first-order valence-corrected chi connectivity index (χ1v) is 7.62. The van der Waals surface area contributed by atoms with E-state index in [1.54, 1.807) is 6.92 Å². The molecule has 116 valence electrons. The van der Waals surface area contributed by atoms with Gasteiger partial charge in [-0.15, -0.1) is 0 Å². The average molecular weight is 284 g/mol. The Morgan fingerprint density at radius 3 is 2.40 bits per heavy atom. The minimum atomic E-state index is -1.17. The largest absolute Gasteiger partial charge is 0.480 e. The van der Waals surface area contributed by atoms with E-state index >= 15 is 0 Å². The van der Waals surface area contributed by atoms with Crippen LogP contribution in [0.4, 0.5) is 4.79 Å². The van der Waals surface area contributed by atoms with Crippen LogP contribution in [0.5, 0.6) is 0 Å². The van der Waals surface area contributed by atoms with Crippen LogP contribution in [-0.4, -0.2) is 40.1 Å². The van der Waals surface area contributed by atoms with Gasteiger partial charge in [-0.2, -0.15) is 0 Å². The van der Waals surface area contributed by atoms with Gasteiger partial charge < -0.3 is 15.3 Å². The molecule has 2 amide bonds. The fourth-order valence-electron chi connectivity index (χ4n) is 2.26. The minimum Gasteiger partial charge on any atom is -0.480 e. The Balaban J connectivity index is 2.66. The average Bonchev–Trinajstić information content (AvgIpc) is 3.13. The van der Waals surface area contributed by atoms with E-state index in [1.165, 1.54) is 0 Å². The Morgan fingerprint density at radius 2 is 2.00 bits per heavy atom. The van der Waals surface area contributed by atoms with Crippen LogP contribution >= 0.6 is 0 Å². The van der Waals surface area contributed by atoms with Crippen molar-refractivity contribution in [2.75, 3.05) is 6.54 Å². The molecular formula is C15H28N2O3. The summed E-state index contributed by atoms with van der Waals surface area (Å²) in [6, 6.07) is 0.0694. The maximum absolute atomic E-state index is 12.4. The number of nitrogens with zero attached hydrogens (tertiary/aromatic N) is 1. The van der Waals surface area contributed by atoms with Crippen molar-refractivity contribution >= 4 is 12.0 Å². The number of carboxylic acid groups (broad SMARTS) is 1. The van der Waals surface area contributed by atoms with Crippen molar-refractivity contribution in [2.45, 2.75) is 71.4 Å². The zero-order valence-electron chi connectivity index (χ0n) is 13.1. The first kappa shape index (κ1) is 16.8. The predicted octanol–water partition coefficient (Wildman–Crippen LogP) is 2.85. The van der Waals surface area contributed by atoms with Gasteiger partial charge in [-0.3, -0.25) is 0 Å². The van der Waals surface area contributed by atoms with Crippen molar-refractivity contribution < 1.29 is 14.7 Å². The van der Waals surface area contributed by atoms with Gasteiger partial charge in [-0.05, 0) is 38.5 Å². The van der Waals surface area contributed by atoms with Gasteiger partial charge in [0.2, 0.25) is 0 Å². The number of amides is 2. The molecule has 2 N–H and O–H groups in total. The molecule has 0 aromatic heterocycles. The van der Waals surface area contributed by atoms with Crippen LogP contribution < -0.4 is 5.32 Å². The Hall–Kier alpha value is -1.26. The van der Waals surface area contributed by atoms with E-state index in [4.69, 9.17) is 0 Å². The van der Waals surface area contributed by atoms with E-state index in [9.17, 15) is 14.7 Å². The maximum Gasteiger partial charge on any atom is 0.329 e. The summed E-state index contributed by atoms with van der Waals surface area (Å²) in [7, 11) is 0. The number of carboxylic acids is 1. The molecule has 0 aromatic carbocycles. The van der Waals surface area contributed by atoms with Gasteiger partial charge in [0.25, 0.3) is 0 Å². The van der Waals surface area contributed by atoms with Crippen LogP contribution in [0.3, 0.4) is 0 Å². The summed E-state index contributed by atoms with van der Waals surface area (Å²) < 4.78 is 0. The number of aliphatic carboxylic acids is 1. The third-order valence-electron chi connectivity index (χ3n) is 3.80. The summed E-state index contributed by atoms with van der Waals surface area (Å²) in [5.41, 5.74) is -1.17. The second kappa shape index (κ2) is 6.95. The smallest absolute Gasteiger partial charge is 0.329 e. The molecule has 0 radical (unpaired) electrons. The van der Waals surface area contributed by atoms with E-state index in [2.05, 4.69) is 19.2 Å². The van der Waals surface area contributed by atoms with Gasteiger partial charge in [-0.1, -0.05) is 27.2 Å². The molecule has 20 heavy (non-hydrogen) atoms. The van der Waals surface area contributed by atoms with Crippen LogP contribution in [0.2, 0.25) is 0 Å². The molecule has 1 fully saturated rings. The van der Waals surface area contributed by atoms with Crippen LogP contribution in [0.15, 0.2) is 0 Å². The van der Waals surface area contributed by atoms with Gasteiger partial charge in [0.15, 0.2) is 0 Å². The molecule has 1 aliphatic carbocycles. The second-order valence-electron chi connectivity index (χ2n) is 6.42. The monoisotopic (exact) mass is 284 g/mol. The van der Waals surface area contributed by atoms with E-state index in [0.717, 1.165) is 25.7 Å². The Labute approximate surface area is 121 Å². The number of nitrogens with one attached hydrogen (secondary N) is 1. The molecule has 1 saturated carbocycles. The Morgan fingerprint density at radius 1 is 1.40 bits per heavy atom. The van der Waals surface area contributed by atoms with E-state index in [1.807, 2.05) is 11.8 Å². The SMILES string of the molecule is CCCC(C)(NC(=O)N(CCC(C)C)C1CC1)C(=O)O. The Bertz CT molecular complexity index is 353. The summed E-state index contributed by atoms with van der Waals surface area (Å²) in [5, 5.41) is 12.1. The molecule has 1 aliphatic rings. The molecule has 1 rings (SSSR count). The van der Waals surface area contributed by atoms with Crippen molar-refractivity contribution in [2.24, 2.45) is 5.92 Å². The number of urea groups is 1. The standard InChI is InChI=1S/C15H28N2O3/c1-5-9-15(4,13(18)19)16-14(20)17(12-6-7-12)10-8-11(2)3/h11-12H,5-10H2,1-4H3,(H,16,20)(H,18,19). The molecule has 5 heteroatoms. The molecule has 0 spiro atoms. The topological polar surface area (TPSA) is 69.6 Å². The first-order chi connectivity index (χ1) is 9.30. The third kappa shape index (κ3) is 4.69. The van der Waals surface area contributed by atoms with E-state index in [-0.39, 0.29) is 6.03 Å². The van der Waals surface area contributed by atoms with Crippen molar-refractivity contribution in [3.05, 3.63) is 0 Å². The number of rotatable bonds is 8. The Kier molecular flexibility index (Phi) is 5.84. The summed E-state index contributed by atoms with van der Waals surface area (Å²) >= 11 is 0. The summed E-state index contributed by atoms with van der Waals surface area (Å²) in [4.78, 5) is 25.6. The molecule has 0 bridgehead atoms. The molecule has 1 atom stereocenters. The lowest BCUT2D eigenvalue weighted by Gasteiger charge is -2.31. The van der Waals surface area contributed by atoms with E-state index in [0.29, 0.717) is 24.9 Å². The van der Waals surface area contributed by atoms with Crippen molar-refractivity contribution in [1.82, 2.24) is 10.2 Å². The van der Waals surface area contributed by atoms with Gasteiger partial charge >= 0.3 is 12.0 Å². The molecule has 5 nitrogen and oxygen atoms in total. The molecule has 1 unspecified atom stereocenters. The van der Waals surface area contributed by atoms with Crippen LogP contribution in [-0.2, 0) is 4.79 Å². The quantitative estimate of drug-likeness (QED) is 0.720. The van der Waals surface area contributed by atoms with Crippen molar-refractivity contribution in [3.63, 3.8) is 0 Å². The van der Waals surface area contributed by atoms with Crippen molar-refractivity contribution in [1.29, 1.82) is 0 Å².